The summed E-state index contributed by atoms with van der Waals surface area (Å²) in [5.74, 6) is -2.91. The predicted octanol–water partition coefficient (Wildman–Crippen LogP) is 4.15. The van der Waals surface area contributed by atoms with Crippen LogP contribution in [0, 0.1) is 11.6 Å². The van der Waals surface area contributed by atoms with Crippen molar-refractivity contribution in [2.24, 2.45) is 0 Å². The number of carbonyl (C=O) groups is 1. The number of nitrogens with two attached hydrogens (primary N) is 1. The molecule has 0 radical (unpaired) electrons. The second-order valence-electron chi connectivity index (χ2n) is 8.41. The Hall–Kier alpha value is -3.33. The molecule has 0 atom stereocenters. The number of amides is 1. The van der Waals surface area contributed by atoms with Gasteiger partial charge < -0.3 is 30.3 Å². The van der Waals surface area contributed by atoms with E-state index in [1.807, 2.05) is 0 Å². The first-order valence-electron chi connectivity index (χ1n) is 11.9. The molecular formula is C26H23ClF2N4NaO8P. The third-order valence-electron chi connectivity index (χ3n) is 5.57. The van der Waals surface area contributed by atoms with Crippen molar-refractivity contribution < 1.29 is 41.9 Å². The molecule has 0 fully saturated rings. The monoisotopic (exact) mass is 646 g/mol. The maximum absolute atomic E-state index is 14.8. The van der Waals surface area contributed by atoms with Crippen molar-refractivity contribution in [1.29, 1.82) is 0 Å². The van der Waals surface area contributed by atoms with Gasteiger partial charge in [-0.25, -0.2) is 18.3 Å². The van der Waals surface area contributed by atoms with Crippen LogP contribution in [0.1, 0.15) is 22.8 Å². The van der Waals surface area contributed by atoms with E-state index in [-0.39, 0.29) is 81.2 Å². The number of halogens is 3. The van der Waals surface area contributed by atoms with E-state index in [9.17, 15) is 22.9 Å². The van der Waals surface area contributed by atoms with Crippen molar-refractivity contribution in [3.8, 4) is 22.9 Å². The van der Waals surface area contributed by atoms with E-state index in [1.165, 1.54) is 42.7 Å². The quantitative estimate of drug-likeness (QED) is 0.145. The fourth-order valence-corrected chi connectivity index (χ4v) is 4.13. The molecular weight excluding hydrogens is 624 g/mol. The summed E-state index contributed by atoms with van der Waals surface area (Å²) in [6, 6.07) is 9.54. The number of phosphoric acid groups is 1. The molecule has 2 aromatic heterocycles. The summed E-state index contributed by atoms with van der Waals surface area (Å²) in [6.07, 6.45) is 2.60. The maximum atomic E-state index is 14.8. The van der Waals surface area contributed by atoms with Gasteiger partial charge in [-0.05, 0) is 43.3 Å². The first kappa shape index (κ1) is 34.2. The third-order valence-corrected chi connectivity index (χ3v) is 6.41. The summed E-state index contributed by atoms with van der Waals surface area (Å²) in [4.78, 5) is 48.4. The zero-order valence-electron chi connectivity index (χ0n) is 21.6. The van der Waals surface area contributed by atoms with Gasteiger partial charge in [-0.1, -0.05) is 11.6 Å². The minimum atomic E-state index is -4.90. The molecule has 0 aliphatic carbocycles. The number of hydrogen-bond acceptors (Lipinski definition) is 8. The second-order valence-corrected chi connectivity index (χ2v) is 10.0. The number of benzene rings is 2. The van der Waals surface area contributed by atoms with E-state index in [1.54, 1.807) is 6.92 Å². The van der Waals surface area contributed by atoms with Crippen molar-refractivity contribution in [2.45, 2.75) is 13.5 Å². The number of ether oxygens (including phenoxy) is 2. The average molecular weight is 647 g/mol. The zero-order valence-corrected chi connectivity index (χ0v) is 23.2. The molecule has 4 aromatic rings. The number of carbonyl (C=O) groups excluding carboxylic acids is 1. The molecule has 12 nitrogen and oxygen atoms in total. The Morgan fingerprint density at radius 2 is 1.84 bits per heavy atom. The second kappa shape index (κ2) is 14.4. The molecule has 0 spiro atoms. The van der Waals surface area contributed by atoms with Gasteiger partial charge in [0.15, 0.2) is 17.3 Å². The molecule has 1 amide bonds. The van der Waals surface area contributed by atoms with Crippen molar-refractivity contribution in [3.05, 3.63) is 99.1 Å². The van der Waals surface area contributed by atoms with Gasteiger partial charge >= 0.3 is 37.4 Å². The van der Waals surface area contributed by atoms with E-state index in [0.29, 0.717) is 0 Å². The number of anilines is 2. The van der Waals surface area contributed by atoms with Gasteiger partial charge in [-0.15, -0.1) is 0 Å². The molecule has 222 valence electrons. The Bertz CT molecular complexity index is 1770. The van der Waals surface area contributed by atoms with Crippen LogP contribution in [-0.2, 0) is 15.7 Å². The summed E-state index contributed by atoms with van der Waals surface area (Å²) < 4.78 is 56.4. The Morgan fingerprint density at radius 3 is 2.51 bits per heavy atom. The molecule has 4 rings (SSSR count). The van der Waals surface area contributed by atoms with Gasteiger partial charge in [0.25, 0.3) is 11.5 Å². The van der Waals surface area contributed by atoms with Crippen molar-refractivity contribution >= 4 is 66.4 Å². The van der Waals surface area contributed by atoms with E-state index in [2.05, 4.69) is 14.8 Å². The molecule has 0 unspecified atom stereocenters. The minimum absolute atomic E-state index is 0. The standard InChI is InChI=1S/C26H22ClF2N4O8P.Na.H/c1-2-39-20-8-10-33(16-4-5-17(28)14(11-16)13-40-42(36,37)38)26(35)22(20)25(34)32-15-3-6-19(18(29)12-15)41-21-7-9-31-24(30)23(21)27;;/h3-12H,2,13H2,1H3,(H2,30,31)(H,32,34)(H2,36,37,38);;. The molecule has 0 saturated carbocycles. The summed E-state index contributed by atoms with van der Waals surface area (Å²) in [7, 11) is -4.90. The van der Waals surface area contributed by atoms with Gasteiger partial charge in [0, 0.05) is 41.5 Å². The van der Waals surface area contributed by atoms with E-state index < -0.39 is 43.1 Å². The number of aromatic nitrogens is 2. The number of rotatable bonds is 10. The number of hydrogen-bond donors (Lipinski definition) is 4. The Morgan fingerprint density at radius 1 is 1.09 bits per heavy atom. The van der Waals surface area contributed by atoms with Crippen molar-refractivity contribution in [3.63, 3.8) is 0 Å². The summed E-state index contributed by atoms with van der Waals surface area (Å²) >= 11 is 6.03. The molecule has 0 aliphatic heterocycles. The Kier molecular flexibility index (Phi) is 11.5. The molecule has 17 heteroatoms. The summed E-state index contributed by atoms with van der Waals surface area (Å²) in [6.45, 7) is 0.958. The van der Waals surface area contributed by atoms with Gasteiger partial charge in [0.05, 0.1) is 13.2 Å². The molecule has 5 N–H and O–H groups in total. The first-order chi connectivity index (χ1) is 19.9. The molecule has 0 bridgehead atoms. The number of nitrogens with zero attached hydrogens (tertiary/aromatic N) is 2. The van der Waals surface area contributed by atoms with Crippen LogP contribution in [0.3, 0.4) is 0 Å². The Labute approximate surface area is 269 Å². The number of nitrogens with one attached hydrogen (secondary N) is 1. The van der Waals surface area contributed by atoms with Crippen molar-refractivity contribution in [2.75, 3.05) is 17.7 Å². The van der Waals surface area contributed by atoms with Gasteiger partial charge in [0.1, 0.15) is 28.0 Å². The van der Waals surface area contributed by atoms with Crippen LogP contribution in [0.2, 0.25) is 5.02 Å². The van der Waals surface area contributed by atoms with Gasteiger partial charge in [-0.2, -0.15) is 0 Å². The predicted molar refractivity (Wildman–Crippen MR) is 155 cm³/mol. The van der Waals surface area contributed by atoms with Crippen LogP contribution in [0.4, 0.5) is 20.3 Å². The normalized spacial score (nSPS) is 11.0. The van der Waals surface area contributed by atoms with Gasteiger partial charge in [0.2, 0.25) is 0 Å². The van der Waals surface area contributed by atoms with Crippen LogP contribution in [0.5, 0.6) is 17.2 Å². The summed E-state index contributed by atoms with van der Waals surface area (Å²) in [5.41, 5.74) is 4.09. The molecule has 2 heterocycles. The number of nitrogen functional groups attached to an aromatic ring is 1. The Balaban J connectivity index is 0.00000506. The molecule has 0 aliphatic rings. The fourth-order valence-electron chi connectivity index (χ4n) is 3.68. The first-order valence-corrected chi connectivity index (χ1v) is 13.8. The van der Waals surface area contributed by atoms with E-state index in [0.717, 1.165) is 22.8 Å². The third kappa shape index (κ3) is 8.40. The number of phosphoric ester groups is 1. The molecule has 0 saturated heterocycles. The topological polar surface area (TPSA) is 175 Å². The van der Waals surface area contributed by atoms with Crippen LogP contribution in [0.25, 0.3) is 5.69 Å². The fraction of sp³-hybridized carbons (Fsp3) is 0.115. The number of pyridine rings is 2. The zero-order chi connectivity index (χ0) is 30.6. The SMILES string of the molecule is CCOc1ccn(-c2ccc(F)c(COP(=O)(O)O)c2)c(=O)c1C(=O)Nc1ccc(Oc2ccnc(N)c2Cl)c(F)c1.[NaH]. The summed E-state index contributed by atoms with van der Waals surface area (Å²) in [5, 5.41) is 2.42. The van der Waals surface area contributed by atoms with Crippen LogP contribution < -0.4 is 26.1 Å². The average Bonchev–Trinajstić information content (AvgIpc) is 2.92. The van der Waals surface area contributed by atoms with Crippen molar-refractivity contribution in [1.82, 2.24) is 9.55 Å². The van der Waals surface area contributed by atoms with E-state index in [4.69, 9.17) is 36.6 Å². The van der Waals surface area contributed by atoms with Gasteiger partial charge in [-0.3, -0.25) is 18.7 Å². The van der Waals surface area contributed by atoms with Crippen LogP contribution in [0.15, 0.2) is 65.7 Å². The van der Waals surface area contributed by atoms with E-state index >= 15 is 0 Å². The molecule has 43 heavy (non-hydrogen) atoms. The van der Waals surface area contributed by atoms with Crippen LogP contribution >= 0.6 is 19.4 Å². The van der Waals surface area contributed by atoms with Crippen LogP contribution in [-0.4, -0.2) is 61.4 Å². The molecule has 2 aromatic carbocycles.